The van der Waals surface area contributed by atoms with Crippen LogP contribution >= 0.6 is 0 Å². The molecule has 1 rings (SSSR count). The lowest BCUT2D eigenvalue weighted by Gasteiger charge is -2.23. The first-order valence-electron chi connectivity index (χ1n) is 7.32. The second-order valence-corrected chi connectivity index (χ2v) is 5.07. The molecule has 0 spiro atoms. The third-order valence-corrected chi connectivity index (χ3v) is 3.11. The van der Waals surface area contributed by atoms with E-state index < -0.39 is 6.10 Å². The molecule has 0 aliphatic rings. The summed E-state index contributed by atoms with van der Waals surface area (Å²) in [6, 6.07) is 6.92. The molecule has 1 aromatic carbocycles. The maximum absolute atomic E-state index is 11.3. The van der Waals surface area contributed by atoms with E-state index in [1.807, 2.05) is 4.90 Å². The average Bonchev–Trinajstić information content (AvgIpc) is 2.46. The van der Waals surface area contributed by atoms with Crippen LogP contribution in [-0.4, -0.2) is 59.8 Å². The number of aliphatic hydroxyl groups excluding tert-OH is 2. The van der Waals surface area contributed by atoms with E-state index >= 15 is 0 Å². The monoisotopic (exact) mass is 295 g/mol. The van der Waals surface area contributed by atoms with E-state index in [4.69, 9.17) is 9.84 Å². The molecule has 0 heterocycles. The zero-order valence-corrected chi connectivity index (χ0v) is 12.8. The van der Waals surface area contributed by atoms with Gasteiger partial charge in [-0.15, -0.1) is 0 Å². The van der Waals surface area contributed by atoms with Crippen LogP contribution in [0.25, 0.3) is 0 Å². The van der Waals surface area contributed by atoms with E-state index in [1.54, 1.807) is 24.3 Å². The van der Waals surface area contributed by atoms with Crippen molar-refractivity contribution in [3.05, 3.63) is 29.8 Å². The minimum Gasteiger partial charge on any atom is -0.491 e. The van der Waals surface area contributed by atoms with Crippen molar-refractivity contribution in [1.82, 2.24) is 4.90 Å². The molecule has 0 saturated carbocycles. The number of ether oxygens (including phenoxy) is 1. The molecule has 5 nitrogen and oxygen atoms in total. The van der Waals surface area contributed by atoms with E-state index in [9.17, 15) is 9.90 Å². The third kappa shape index (κ3) is 6.71. The van der Waals surface area contributed by atoms with Crippen molar-refractivity contribution >= 4 is 5.78 Å². The van der Waals surface area contributed by atoms with Crippen LogP contribution in [0.5, 0.6) is 5.75 Å². The molecule has 1 atom stereocenters. The summed E-state index contributed by atoms with van der Waals surface area (Å²) in [7, 11) is 0. The summed E-state index contributed by atoms with van der Waals surface area (Å²) in [5, 5.41) is 19.0. The van der Waals surface area contributed by atoms with Crippen LogP contribution in [0.15, 0.2) is 24.3 Å². The van der Waals surface area contributed by atoms with Gasteiger partial charge in [-0.05, 0) is 32.0 Å². The van der Waals surface area contributed by atoms with Gasteiger partial charge in [-0.1, -0.05) is 19.1 Å². The number of carbonyl (C=O) groups is 1. The van der Waals surface area contributed by atoms with Crippen LogP contribution in [0, 0.1) is 0 Å². The summed E-state index contributed by atoms with van der Waals surface area (Å²) in [5.74, 6) is 0.559. The maximum Gasteiger partial charge on any atom is 0.159 e. The summed E-state index contributed by atoms with van der Waals surface area (Å²) in [5.41, 5.74) is 0.592. The minimum atomic E-state index is -0.635. The molecule has 0 fully saturated rings. The topological polar surface area (TPSA) is 70.0 Å². The Hall–Kier alpha value is -1.43. The highest BCUT2D eigenvalue weighted by Gasteiger charge is 2.12. The quantitative estimate of drug-likeness (QED) is 0.637. The fourth-order valence-corrected chi connectivity index (χ4v) is 2.10. The molecule has 0 aliphatic heterocycles. The lowest BCUT2D eigenvalue weighted by Crippen LogP contribution is -2.37. The predicted molar refractivity (Wildman–Crippen MR) is 81.8 cm³/mol. The molecule has 0 radical (unpaired) electrons. The van der Waals surface area contributed by atoms with Crippen molar-refractivity contribution in [2.75, 3.05) is 32.8 Å². The van der Waals surface area contributed by atoms with Gasteiger partial charge in [0.25, 0.3) is 0 Å². The second-order valence-electron chi connectivity index (χ2n) is 5.07. The number of benzene rings is 1. The largest absolute Gasteiger partial charge is 0.491 e. The van der Waals surface area contributed by atoms with Gasteiger partial charge < -0.3 is 14.9 Å². The molecule has 0 amide bonds. The van der Waals surface area contributed by atoms with E-state index in [-0.39, 0.29) is 19.0 Å². The lowest BCUT2D eigenvalue weighted by molar-refractivity contribution is 0.0618. The average molecular weight is 295 g/mol. The Morgan fingerprint density at radius 1 is 1.38 bits per heavy atom. The van der Waals surface area contributed by atoms with Crippen LogP contribution in [-0.2, 0) is 0 Å². The first-order chi connectivity index (χ1) is 10.1. The summed E-state index contributed by atoms with van der Waals surface area (Å²) in [6.07, 6.45) is 0.331. The molecule has 0 aliphatic carbocycles. The van der Waals surface area contributed by atoms with Gasteiger partial charge in [0.15, 0.2) is 5.78 Å². The van der Waals surface area contributed by atoms with E-state index in [0.29, 0.717) is 24.4 Å². The maximum atomic E-state index is 11.3. The SMILES string of the molecule is CCCN(CCO)C[C@@H](O)COc1cccc(C(C)=O)c1. The molecular weight excluding hydrogens is 270 g/mol. The highest BCUT2D eigenvalue weighted by molar-refractivity contribution is 5.94. The number of nitrogens with zero attached hydrogens (tertiary/aromatic N) is 1. The molecule has 118 valence electrons. The Morgan fingerprint density at radius 3 is 2.76 bits per heavy atom. The smallest absolute Gasteiger partial charge is 0.159 e. The molecular formula is C16H25NO4. The van der Waals surface area contributed by atoms with E-state index in [0.717, 1.165) is 13.0 Å². The van der Waals surface area contributed by atoms with Gasteiger partial charge in [0.05, 0.1) is 6.61 Å². The molecule has 1 aromatic rings. The first kappa shape index (κ1) is 17.6. The normalized spacial score (nSPS) is 12.4. The number of rotatable bonds is 10. The molecule has 5 heteroatoms. The van der Waals surface area contributed by atoms with Crippen molar-refractivity contribution in [2.45, 2.75) is 26.4 Å². The van der Waals surface area contributed by atoms with Crippen LogP contribution in [0.1, 0.15) is 30.6 Å². The van der Waals surface area contributed by atoms with Gasteiger partial charge in [-0.3, -0.25) is 9.69 Å². The fraction of sp³-hybridized carbons (Fsp3) is 0.562. The molecule has 0 unspecified atom stereocenters. The Labute approximate surface area is 126 Å². The van der Waals surface area contributed by atoms with Gasteiger partial charge in [0, 0.05) is 18.7 Å². The molecule has 0 aromatic heterocycles. The number of ketones is 1. The standard InChI is InChI=1S/C16H25NO4/c1-3-7-17(8-9-18)11-15(20)12-21-16-6-4-5-14(10-16)13(2)19/h4-6,10,15,18,20H,3,7-9,11-12H2,1-2H3/t15-/m1/s1. The summed E-state index contributed by atoms with van der Waals surface area (Å²) < 4.78 is 5.52. The zero-order valence-electron chi connectivity index (χ0n) is 12.8. The van der Waals surface area contributed by atoms with Crippen LogP contribution in [0.3, 0.4) is 0 Å². The molecule has 2 N–H and O–H groups in total. The number of carbonyl (C=O) groups excluding carboxylic acids is 1. The van der Waals surface area contributed by atoms with Crippen molar-refractivity contribution < 1.29 is 19.7 Å². The van der Waals surface area contributed by atoms with Gasteiger partial charge in [-0.2, -0.15) is 0 Å². The summed E-state index contributed by atoms with van der Waals surface area (Å²) in [6.45, 7) is 5.64. The highest BCUT2D eigenvalue weighted by Crippen LogP contribution is 2.14. The number of hydrogen-bond donors (Lipinski definition) is 2. The highest BCUT2D eigenvalue weighted by atomic mass is 16.5. The van der Waals surface area contributed by atoms with Crippen molar-refractivity contribution in [2.24, 2.45) is 0 Å². The fourth-order valence-electron chi connectivity index (χ4n) is 2.10. The number of Topliss-reactive ketones (excluding diaryl/α,β-unsaturated/α-hetero) is 1. The van der Waals surface area contributed by atoms with Crippen molar-refractivity contribution in [1.29, 1.82) is 0 Å². The molecule has 0 saturated heterocycles. The number of aliphatic hydroxyl groups is 2. The van der Waals surface area contributed by atoms with E-state index in [2.05, 4.69) is 6.92 Å². The van der Waals surface area contributed by atoms with Crippen LogP contribution in [0.2, 0.25) is 0 Å². The van der Waals surface area contributed by atoms with Crippen LogP contribution in [0.4, 0.5) is 0 Å². The van der Waals surface area contributed by atoms with Crippen molar-refractivity contribution in [3.63, 3.8) is 0 Å². The molecule has 0 bridgehead atoms. The predicted octanol–water partition coefficient (Wildman–Crippen LogP) is 1.33. The number of hydrogen-bond acceptors (Lipinski definition) is 5. The van der Waals surface area contributed by atoms with Gasteiger partial charge in [0.2, 0.25) is 0 Å². The first-order valence-corrected chi connectivity index (χ1v) is 7.32. The Kier molecular flexibility index (Phi) is 7.97. The van der Waals surface area contributed by atoms with Crippen molar-refractivity contribution in [3.8, 4) is 5.75 Å². The summed E-state index contributed by atoms with van der Waals surface area (Å²) >= 11 is 0. The second kappa shape index (κ2) is 9.50. The Balaban J connectivity index is 2.46. The minimum absolute atomic E-state index is 0.0157. The van der Waals surface area contributed by atoms with Crippen LogP contribution < -0.4 is 4.74 Å². The lowest BCUT2D eigenvalue weighted by atomic mass is 10.1. The Morgan fingerprint density at radius 2 is 2.14 bits per heavy atom. The van der Waals surface area contributed by atoms with Gasteiger partial charge in [-0.25, -0.2) is 0 Å². The third-order valence-electron chi connectivity index (χ3n) is 3.11. The van der Waals surface area contributed by atoms with Gasteiger partial charge >= 0.3 is 0 Å². The Bertz CT molecular complexity index is 430. The molecule has 21 heavy (non-hydrogen) atoms. The van der Waals surface area contributed by atoms with Gasteiger partial charge in [0.1, 0.15) is 18.5 Å². The zero-order chi connectivity index (χ0) is 15.7. The summed E-state index contributed by atoms with van der Waals surface area (Å²) in [4.78, 5) is 13.3. The van der Waals surface area contributed by atoms with E-state index in [1.165, 1.54) is 6.92 Å².